The highest BCUT2D eigenvalue weighted by atomic mass is 79.9. The maximum atomic E-state index is 9.76. The maximum absolute atomic E-state index is 9.76. The lowest BCUT2D eigenvalue weighted by atomic mass is 10.2. The second-order valence-corrected chi connectivity index (χ2v) is 5.73. The van der Waals surface area contributed by atoms with Gasteiger partial charge >= 0.3 is 0 Å². The third-order valence-electron chi connectivity index (χ3n) is 3.01. The van der Waals surface area contributed by atoms with Crippen LogP contribution in [-0.2, 0) is 0 Å². The van der Waals surface area contributed by atoms with Crippen LogP contribution in [-0.4, -0.2) is 21.5 Å². The highest BCUT2D eigenvalue weighted by Crippen LogP contribution is 2.25. The van der Waals surface area contributed by atoms with Crippen molar-refractivity contribution in [2.75, 3.05) is 5.43 Å². The summed E-state index contributed by atoms with van der Waals surface area (Å²) in [5.74, 6) is 0.631. The smallest absolute Gasteiger partial charge is 0.176 e. The summed E-state index contributed by atoms with van der Waals surface area (Å²) >= 11 is 9.36. The summed E-state index contributed by atoms with van der Waals surface area (Å²) in [6.07, 6.45) is 1.51. The van der Waals surface area contributed by atoms with Crippen LogP contribution in [0, 0.1) is 0 Å². The van der Waals surface area contributed by atoms with Gasteiger partial charge in [-0.2, -0.15) is 5.10 Å². The summed E-state index contributed by atoms with van der Waals surface area (Å²) in [5.41, 5.74) is 3.40. The molecule has 0 spiro atoms. The number of anilines is 1. The van der Waals surface area contributed by atoms with Crippen LogP contribution in [0.5, 0.6) is 5.75 Å². The average molecular weight is 378 g/mol. The summed E-state index contributed by atoms with van der Waals surface area (Å²) in [4.78, 5) is 0. The fraction of sp³-hybridized carbons (Fsp3) is 0. The molecule has 0 aliphatic carbocycles. The van der Waals surface area contributed by atoms with Crippen LogP contribution in [0.1, 0.15) is 5.56 Å². The Morgan fingerprint density at radius 1 is 1.14 bits per heavy atom. The highest BCUT2D eigenvalue weighted by Gasteiger charge is 2.06. The molecule has 0 saturated heterocycles. The van der Waals surface area contributed by atoms with Gasteiger partial charge in [-0.25, -0.2) is 0 Å². The molecular weight excluding hydrogens is 368 g/mol. The van der Waals surface area contributed by atoms with E-state index in [0.717, 1.165) is 15.2 Å². The van der Waals surface area contributed by atoms with E-state index in [1.54, 1.807) is 18.2 Å². The summed E-state index contributed by atoms with van der Waals surface area (Å²) in [6, 6.07) is 12.6. The van der Waals surface area contributed by atoms with Gasteiger partial charge in [0.1, 0.15) is 5.75 Å². The Balaban J connectivity index is 1.90. The first kappa shape index (κ1) is 14.7. The quantitative estimate of drug-likeness (QED) is 0.530. The monoisotopic (exact) mass is 376 g/mol. The van der Waals surface area contributed by atoms with E-state index < -0.39 is 0 Å². The SMILES string of the molecule is Oc1ccc(Br)cc1/C=N\Nc1nnc(Cl)c2ccccc12. The largest absolute Gasteiger partial charge is 0.507 e. The zero-order valence-electron chi connectivity index (χ0n) is 11.2. The van der Waals surface area contributed by atoms with Crippen LogP contribution in [0.15, 0.2) is 52.0 Å². The molecule has 7 heteroatoms. The lowest BCUT2D eigenvalue weighted by Gasteiger charge is -2.05. The number of hydrogen-bond donors (Lipinski definition) is 2. The fourth-order valence-corrected chi connectivity index (χ4v) is 2.53. The number of hydrazone groups is 1. The Hall–Kier alpha value is -2.18. The van der Waals surface area contributed by atoms with Crippen molar-refractivity contribution in [3.05, 3.63) is 57.7 Å². The van der Waals surface area contributed by atoms with Crippen LogP contribution in [0.2, 0.25) is 5.15 Å². The number of aromatic nitrogens is 2. The molecule has 0 atom stereocenters. The third-order valence-corrected chi connectivity index (χ3v) is 3.78. The van der Waals surface area contributed by atoms with Crippen molar-refractivity contribution in [1.82, 2.24) is 10.2 Å². The number of aromatic hydroxyl groups is 1. The van der Waals surface area contributed by atoms with E-state index in [0.29, 0.717) is 16.5 Å². The molecule has 3 rings (SSSR count). The van der Waals surface area contributed by atoms with E-state index in [1.165, 1.54) is 6.21 Å². The number of phenols is 1. The lowest BCUT2D eigenvalue weighted by molar-refractivity contribution is 0.474. The molecule has 0 aliphatic rings. The average Bonchev–Trinajstić information content (AvgIpc) is 2.53. The van der Waals surface area contributed by atoms with Crippen molar-refractivity contribution in [2.45, 2.75) is 0 Å². The van der Waals surface area contributed by atoms with Crippen molar-refractivity contribution in [2.24, 2.45) is 5.10 Å². The molecule has 3 aromatic rings. The van der Waals surface area contributed by atoms with E-state index in [1.807, 2.05) is 24.3 Å². The molecule has 0 saturated carbocycles. The third kappa shape index (κ3) is 3.03. The first-order valence-electron chi connectivity index (χ1n) is 6.33. The number of nitrogens with one attached hydrogen (secondary N) is 1. The fourth-order valence-electron chi connectivity index (χ4n) is 1.95. The zero-order chi connectivity index (χ0) is 15.5. The van der Waals surface area contributed by atoms with Gasteiger partial charge in [-0.3, -0.25) is 5.43 Å². The van der Waals surface area contributed by atoms with Crippen LogP contribution < -0.4 is 5.43 Å². The first-order valence-corrected chi connectivity index (χ1v) is 7.51. The van der Waals surface area contributed by atoms with Gasteiger partial charge in [0.25, 0.3) is 0 Å². The molecular formula is C15H10BrClN4O. The molecule has 0 aliphatic heterocycles. The summed E-state index contributed by atoms with van der Waals surface area (Å²) < 4.78 is 0.850. The topological polar surface area (TPSA) is 70.4 Å². The van der Waals surface area contributed by atoms with E-state index in [-0.39, 0.29) is 5.75 Å². The number of phenolic OH excluding ortho intramolecular Hbond substituents is 1. The molecule has 5 nitrogen and oxygen atoms in total. The van der Waals surface area contributed by atoms with Gasteiger partial charge in [-0.05, 0) is 18.2 Å². The molecule has 110 valence electrons. The molecule has 0 unspecified atom stereocenters. The van der Waals surface area contributed by atoms with Crippen molar-refractivity contribution < 1.29 is 5.11 Å². The normalized spacial score (nSPS) is 11.2. The Kier molecular flexibility index (Phi) is 4.22. The Morgan fingerprint density at radius 2 is 1.91 bits per heavy atom. The maximum Gasteiger partial charge on any atom is 0.176 e. The van der Waals surface area contributed by atoms with Gasteiger partial charge in [-0.15, -0.1) is 10.2 Å². The molecule has 1 aromatic heterocycles. The van der Waals surface area contributed by atoms with Gasteiger partial charge in [0, 0.05) is 20.8 Å². The van der Waals surface area contributed by atoms with Gasteiger partial charge in [0.15, 0.2) is 11.0 Å². The Morgan fingerprint density at radius 3 is 2.73 bits per heavy atom. The molecule has 2 N–H and O–H groups in total. The van der Waals surface area contributed by atoms with Crippen LogP contribution >= 0.6 is 27.5 Å². The number of nitrogens with zero attached hydrogens (tertiary/aromatic N) is 3. The van der Waals surface area contributed by atoms with Crippen molar-refractivity contribution in [3.63, 3.8) is 0 Å². The van der Waals surface area contributed by atoms with Gasteiger partial charge in [-0.1, -0.05) is 51.8 Å². The Labute approximate surface area is 139 Å². The number of rotatable bonds is 3. The molecule has 0 amide bonds. The number of hydrogen-bond acceptors (Lipinski definition) is 5. The number of fused-ring (bicyclic) bond motifs is 1. The number of halogens is 2. The van der Waals surface area contributed by atoms with E-state index in [4.69, 9.17) is 11.6 Å². The van der Waals surface area contributed by atoms with Crippen LogP contribution in [0.25, 0.3) is 10.8 Å². The Bertz CT molecular complexity index is 869. The van der Waals surface area contributed by atoms with Gasteiger partial charge in [0.2, 0.25) is 0 Å². The second-order valence-electron chi connectivity index (χ2n) is 4.46. The van der Waals surface area contributed by atoms with Gasteiger partial charge < -0.3 is 5.11 Å². The summed E-state index contributed by atoms with van der Waals surface area (Å²) in [7, 11) is 0. The minimum atomic E-state index is 0.140. The summed E-state index contributed by atoms with van der Waals surface area (Å²) in [5, 5.41) is 23.7. The van der Waals surface area contributed by atoms with E-state index in [2.05, 4.69) is 36.7 Å². The first-order chi connectivity index (χ1) is 10.6. The van der Waals surface area contributed by atoms with Crippen molar-refractivity contribution in [3.8, 4) is 5.75 Å². The van der Waals surface area contributed by atoms with Crippen LogP contribution in [0.4, 0.5) is 5.82 Å². The van der Waals surface area contributed by atoms with Crippen LogP contribution in [0.3, 0.4) is 0 Å². The van der Waals surface area contributed by atoms with Crippen molar-refractivity contribution in [1.29, 1.82) is 0 Å². The second kappa shape index (κ2) is 6.29. The molecule has 0 radical (unpaired) electrons. The highest BCUT2D eigenvalue weighted by molar-refractivity contribution is 9.10. The lowest BCUT2D eigenvalue weighted by Crippen LogP contribution is -1.97. The van der Waals surface area contributed by atoms with Crippen molar-refractivity contribution >= 4 is 50.3 Å². The molecule has 22 heavy (non-hydrogen) atoms. The number of benzene rings is 2. The molecule has 2 aromatic carbocycles. The van der Waals surface area contributed by atoms with E-state index in [9.17, 15) is 5.11 Å². The predicted octanol–water partition coefficient (Wildman–Crippen LogP) is 4.20. The summed E-state index contributed by atoms with van der Waals surface area (Å²) in [6.45, 7) is 0. The molecule has 0 bridgehead atoms. The van der Waals surface area contributed by atoms with E-state index >= 15 is 0 Å². The van der Waals surface area contributed by atoms with Gasteiger partial charge in [0.05, 0.1) is 6.21 Å². The molecule has 0 fully saturated rings. The molecule has 1 heterocycles. The minimum Gasteiger partial charge on any atom is -0.507 e. The zero-order valence-corrected chi connectivity index (χ0v) is 13.5. The predicted molar refractivity (Wildman–Crippen MR) is 91.6 cm³/mol. The minimum absolute atomic E-state index is 0.140. The standard InChI is InChI=1S/C15H10BrClN4O/c16-10-5-6-13(22)9(7-10)8-18-20-15-12-4-2-1-3-11(12)14(17)19-21-15/h1-8,22H,(H,20,21)/b18-8-.